The number of hydrogen-bond donors (Lipinski definition) is 2. The number of rotatable bonds is 0. The fourth-order valence-corrected chi connectivity index (χ4v) is 0.856. The molecule has 0 fully saturated rings. The summed E-state index contributed by atoms with van der Waals surface area (Å²) in [6.45, 7) is 0. The van der Waals surface area contributed by atoms with Crippen LogP contribution < -0.4 is 0 Å². The molecule has 0 aliphatic rings. The van der Waals surface area contributed by atoms with Crippen molar-refractivity contribution in [3.8, 4) is 11.5 Å². The molecule has 76 valence electrons. The van der Waals surface area contributed by atoms with Gasteiger partial charge in [-0.05, 0) is 24.3 Å². The van der Waals surface area contributed by atoms with Gasteiger partial charge in [0, 0.05) is 26.2 Å². The third kappa shape index (κ3) is 6.92. The van der Waals surface area contributed by atoms with Crippen molar-refractivity contribution in [1.29, 1.82) is 0 Å². The van der Waals surface area contributed by atoms with E-state index in [4.69, 9.17) is 10.2 Å². The molecule has 2 rings (SSSR count). The first-order chi connectivity index (χ1) is 6.79. The van der Waals surface area contributed by atoms with Gasteiger partial charge in [-0.2, -0.15) is 0 Å². The summed E-state index contributed by atoms with van der Waals surface area (Å²) in [4.78, 5) is 0. The molecule has 0 unspecified atom stereocenters. The van der Waals surface area contributed by atoms with Crippen LogP contribution in [0.2, 0.25) is 0 Å². The summed E-state index contributed by atoms with van der Waals surface area (Å²) in [6, 6.07) is 17.4. The van der Waals surface area contributed by atoms with E-state index in [1.165, 1.54) is 0 Å². The topological polar surface area (TPSA) is 40.5 Å². The number of aromatic hydroxyl groups is 2. The standard InChI is InChI=1S/2C6H6O.Zr/c2*7-6-4-2-1-3-5-6;/h2*1-5,7H;. The Morgan fingerprint density at radius 3 is 0.933 bits per heavy atom. The minimum Gasteiger partial charge on any atom is -0.508 e. The normalized spacial score (nSPS) is 8.00. The zero-order chi connectivity index (χ0) is 10.2. The molecule has 0 amide bonds. The summed E-state index contributed by atoms with van der Waals surface area (Å²) in [7, 11) is 0. The maximum Gasteiger partial charge on any atom is 0.115 e. The van der Waals surface area contributed by atoms with Gasteiger partial charge in [0.1, 0.15) is 11.5 Å². The van der Waals surface area contributed by atoms with E-state index in [2.05, 4.69) is 0 Å². The predicted molar refractivity (Wildman–Crippen MR) is 56.2 cm³/mol. The maximum absolute atomic E-state index is 8.63. The first kappa shape index (κ1) is 13.9. The fourth-order valence-electron chi connectivity index (χ4n) is 0.856. The smallest absolute Gasteiger partial charge is 0.115 e. The van der Waals surface area contributed by atoms with E-state index in [-0.39, 0.29) is 26.2 Å². The van der Waals surface area contributed by atoms with Crippen LogP contribution in [-0.2, 0) is 26.2 Å². The van der Waals surface area contributed by atoms with Gasteiger partial charge in [-0.15, -0.1) is 0 Å². The van der Waals surface area contributed by atoms with Crippen LogP contribution in [0.15, 0.2) is 60.7 Å². The van der Waals surface area contributed by atoms with E-state index in [0.717, 1.165) is 0 Å². The van der Waals surface area contributed by atoms with Crippen LogP contribution in [0.1, 0.15) is 0 Å². The van der Waals surface area contributed by atoms with E-state index >= 15 is 0 Å². The Morgan fingerprint density at radius 2 is 0.800 bits per heavy atom. The third-order valence-electron chi connectivity index (χ3n) is 1.51. The summed E-state index contributed by atoms with van der Waals surface area (Å²) in [6.07, 6.45) is 0. The summed E-state index contributed by atoms with van der Waals surface area (Å²) < 4.78 is 0. The van der Waals surface area contributed by atoms with Crippen molar-refractivity contribution in [2.24, 2.45) is 0 Å². The molecule has 0 saturated heterocycles. The van der Waals surface area contributed by atoms with Crippen molar-refractivity contribution in [3.05, 3.63) is 60.7 Å². The minimum absolute atomic E-state index is 0. The Hall–Kier alpha value is -1.08. The van der Waals surface area contributed by atoms with Crippen LogP contribution in [0, 0.1) is 0 Å². The second-order valence-corrected chi connectivity index (χ2v) is 2.67. The van der Waals surface area contributed by atoms with Crippen molar-refractivity contribution in [3.63, 3.8) is 0 Å². The van der Waals surface area contributed by atoms with Gasteiger partial charge >= 0.3 is 0 Å². The molecule has 3 heteroatoms. The van der Waals surface area contributed by atoms with Crippen LogP contribution in [0.4, 0.5) is 0 Å². The second kappa shape index (κ2) is 8.25. The molecule has 0 aromatic heterocycles. The Balaban J connectivity index is 0.000000245. The minimum atomic E-state index is 0. The number of para-hydroxylation sites is 2. The molecule has 0 heterocycles. The van der Waals surface area contributed by atoms with E-state index in [1.807, 2.05) is 12.1 Å². The van der Waals surface area contributed by atoms with Gasteiger partial charge in [-0.3, -0.25) is 0 Å². The van der Waals surface area contributed by atoms with Gasteiger partial charge in [-0.1, -0.05) is 36.4 Å². The molecule has 0 radical (unpaired) electrons. The molecular formula is C12H12O2Zr. The van der Waals surface area contributed by atoms with E-state index < -0.39 is 0 Å². The number of phenols is 2. The van der Waals surface area contributed by atoms with Gasteiger partial charge < -0.3 is 10.2 Å². The summed E-state index contributed by atoms with van der Waals surface area (Å²) in [5.74, 6) is 0.644. The zero-order valence-electron chi connectivity index (χ0n) is 8.17. The van der Waals surface area contributed by atoms with Crippen LogP contribution in [0.5, 0.6) is 11.5 Å². The molecular weight excluding hydrogens is 267 g/mol. The predicted octanol–water partition coefficient (Wildman–Crippen LogP) is 2.78. The van der Waals surface area contributed by atoms with Crippen molar-refractivity contribution in [2.75, 3.05) is 0 Å². The first-order valence-corrected chi connectivity index (χ1v) is 4.27. The van der Waals surface area contributed by atoms with Crippen LogP contribution in [0.3, 0.4) is 0 Å². The molecule has 2 nitrogen and oxygen atoms in total. The molecule has 0 spiro atoms. The Morgan fingerprint density at radius 1 is 0.533 bits per heavy atom. The maximum atomic E-state index is 8.63. The largest absolute Gasteiger partial charge is 0.508 e. The van der Waals surface area contributed by atoms with Gasteiger partial charge in [0.25, 0.3) is 0 Å². The van der Waals surface area contributed by atoms with Crippen molar-refractivity contribution < 1.29 is 36.4 Å². The van der Waals surface area contributed by atoms with E-state index in [1.54, 1.807) is 48.5 Å². The van der Waals surface area contributed by atoms with Gasteiger partial charge in [0.2, 0.25) is 0 Å². The van der Waals surface area contributed by atoms with Gasteiger partial charge in [0.05, 0.1) is 0 Å². The third-order valence-corrected chi connectivity index (χ3v) is 1.51. The molecule has 2 aromatic carbocycles. The average molecular weight is 279 g/mol. The molecule has 2 aromatic rings. The molecule has 0 aliphatic carbocycles. The van der Waals surface area contributed by atoms with Crippen LogP contribution >= 0.6 is 0 Å². The van der Waals surface area contributed by atoms with E-state index in [9.17, 15) is 0 Å². The summed E-state index contributed by atoms with van der Waals surface area (Å²) in [5.41, 5.74) is 0. The summed E-state index contributed by atoms with van der Waals surface area (Å²) in [5, 5.41) is 17.3. The summed E-state index contributed by atoms with van der Waals surface area (Å²) >= 11 is 0. The Kier molecular flexibility index (Phi) is 7.66. The van der Waals surface area contributed by atoms with Gasteiger partial charge in [0.15, 0.2) is 0 Å². The number of benzene rings is 2. The SMILES string of the molecule is Oc1ccccc1.Oc1ccccc1.[Zr]. The fraction of sp³-hybridized carbons (Fsp3) is 0. The van der Waals surface area contributed by atoms with Crippen LogP contribution in [0.25, 0.3) is 0 Å². The van der Waals surface area contributed by atoms with Crippen LogP contribution in [-0.4, -0.2) is 10.2 Å². The first-order valence-electron chi connectivity index (χ1n) is 4.27. The molecule has 0 saturated carbocycles. The number of hydrogen-bond acceptors (Lipinski definition) is 2. The Bertz CT molecular complexity index is 311. The molecule has 15 heavy (non-hydrogen) atoms. The van der Waals surface area contributed by atoms with Crippen molar-refractivity contribution in [2.45, 2.75) is 0 Å². The average Bonchev–Trinajstić information content (AvgIpc) is 2.21. The van der Waals surface area contributed by atoms with Crippen molar-refractivity contribution in [1.82, 2.24) is 0 Å². The Labute approximate surface area is 108 Å². The molecule has 0 atom stereocenters. The van der Waals surface area contributed by atoms with Gasteiger partial charge in [-0.25, -0.2) is 0 Å². The van der Waals surface area contributed by atoms with Crippen molar-refractivity contribution >= 4 is 0 Å². The van der Waals surface area contributed by atoms with E-state index in [0.29, 0.717) is 11.5 Å². The second-order valence-electron chi connectivity index (χ2n) is 2.67. The monoisotopic (exact) mass is 278 g/mol. The quantitative estimate of drug-likeness (QED) is 0.778. The molecule has 0 aliphatic heterocycles. The molecule has 2 N–H and O–H groups in total. The number of phenolic OH excluding ortho intramolecular Hbond substituents is 2. The zero-order valence-corrected chi connectivity index (χ0v) is 10.6. The molecule has 0 bridgehead atoms.